The predicted molar refractivity (Wildman–Crippen MR) is 168 cm³/mol. The summed E-state index contributed by atoms with van der Waals surface area (Å²) in [5, 5.41) is 64.3. The Morgan fingerprint density at radius 3 is 2.26 bits per heavy atom. The molecule has 0 aromatic heterocycles. The van der Waals surface area contributed by atoms with E-state index in [0.717, 1.165) is 11.1 Å². The summed E-state index contributed by atoms with van der Waals surface area (Å²) in [5.41, 5.74) is -3.00. The molecule has 4 aliphatic carbocycles. The number of carbonyl (C=O) groups is 2. The average Bonchev–Trinajstić information content (AvgIpc) is 3.21. The molecule has 11 heteroatoms. The Morgan fingerprint density at radius 1 is 0.979 bits per heavy atom. The molecular formula is C36H52O11. The van der Waals surface area contributed by atoms with E-state index in [2.05, 4.69) is 19.9 Å². The number of hydrogen-bond donors (Lipinski definition) is 6. The number of fused-ring (bicyclic) bond motifs is 7. The van der Waals surface area contributed by atoms with Crippen LogP contribution in [0, 0.1) is 39.4 Å². The van der Waals surface area contributed by atoms with Crippen LogP contribution in [0.25, 0.3) is 0 Å². The Kier molecular flexibility index (Phi) is 8.18. The number of aliphatic hydroxyl groups excluding tert-OH is 5. The summed E-state index contributed by atoms with van der Waals surface area (Å²) in [6.07, 6.45) is -3.15. The molecule has 47 heavy (non-hydrogen) atoms. The number of rotatable bonds is 4. The second-order valence-electron chi connectivity index (χ2n) is 16.7. The zero-order valence-electron chi connectivity index (χ0n) is 28.6. The van der Waals surface area contributed by atoms with Crippen molar-refractivity contribution in [2.24, 2.45) is 39.4 Å². The second kappa shape index (κ2) is 11.0. The Morgan fingerprint density at radius 2 is 1.64 bits per heavy atom. The van der Waals surface area contributed by atoms with Crippen LogP contribution in [0.5, 0.6) is 0 Å². The SMILES string of the molecule is CC(C)=CC1OC2CC3(C)C4CC=C5C(C=C(OC6OC(CO)C(O)C(O)C6O)C(=O)C5(C)C)C4(C)C(=O)CC3(C)C2C(C)(O)C1O. The van der Waals surface area contributed by atoms with E-state index in [4.69, 9.17) is 14.2 Å². The van der Waals surface area contributed by atoms with Crippen LogP contribution in [0.4, 0.5) is 0 Å². The molecule has 0 amide bonds. The van der Waals surface area contributed by atoms with E-state index in [9.17, 15) is 40.2 Å². The van der Waals surface area contributed by atoms with E-state index in [0.29, 0.717) is 12.8 Å². The summed E-state index contributed by atoms with van der Waals surface area (Å²) in [6.45, 7) is 14.6. The van der Waals surface area contributed by atoms with Gasteiger partial charge in [0.15, 0.2) is 5.76 Å². The van der Waals surface area contributed by atoms with Gasteiger partial charge in [-0.05, 0) is 70.3 Å². The van der Waals surface area contributed by atoms with E-state index in [1.54, 1.807) is 26.8 Å². The zero-order chi connectivity index (χ0) is 34.8. The van der Waals surface area contributed by atoms with Crippen LogP contribution in [0.15, 0.2) is 35.1 Å². The second-order valence-corrected chi connectivity index (χ2v) is 16.7. The first-order chi connectivity index (χ1) is 21.7. The van der Waals surface area contributed by atoms with Crippen molar-refractivity contribution in [3.63, 3.8) is 0 Å². The first-order valence-corrected chi connectivity index (χ1v) is 16.9. The molecule has 11 nitrogen and oxygen atoms in total. The molecule has 0 spiro atoms. The van der Waals surface area contributed by atoms with Gasteiger partial charge in [-0.3, -0.25) is 9.59 Å². The highest BCUT2D eigenvalue weighted by Gasteiger charge is 2.76. The van der Waals surface area contributed by atoms with Gasteiger partial charge >= 0.3 is 0 Å². The van der Waals surface area contributed by atoms with Crippen LogP contribution in [0.1, 0.15) is 74.7 Å². The molecule has 15 unspecified atom stereocenters. The van der Waals surface area contributed by atoms with Gasteiger partial charge < -0.3 is 44.8 Å². The van der Waals surface area contributed by atoms with Crippen molar-refractivity contribution in [2.75, 3.05) is 6.61 Å². The van der Waals surface area contributed by atoms with Crippen molar-refractivity contribution < 1.29 is 54.4 Å². The van der Waals surface area contributed by atoms with Crippen molar-refractivity contribution in [3.05, 3.63) is 35.1 Å². The molecule has 2 saturated heterocycles. The molecular weight excluding hydrogens is 608 g/mol. The molecule has 6 N–H and O–H groups in total. The quantitative estimate of drug-likeness (QED) is 0.242. The summed E-state index contributed by atoms with van der Waals surface area (Å²) >= 11 is 0. The minimum Gasteiger partial charge on any atom is -0.459 e. The number of aliphatic hydroxyl groups is 6. The highest BCUT2D eigenvalue weighted by molar-refractivity contribution is 6.02. The van der Waals surface area contributed by atoms with Crippen LogP contribution in [-0.2, 0) is 23.8 Å². The zero-order valence-corrected chi connectivity index (χ0v) is 28.6. The summed E-state index contributed by atoms with van der Waals surface area (Å²) in [6, 6.07) is 0. The number of ketones is 2. The fourth-order valence-corrected chi connectivity index (χ4v) is 10.7. The van der Waals surface area contributed by atoms with Crippen LogP contribution in [0.2, 0.25) is 0 Å². The lowest BCUT2D eigenvalue weighted by Crippen LogP contribution is -2.67. The van der Waals surface area contributed by atoms with Gasteiger partial charge in [0.05, 0.1) is 23.7 Å². The summed E-state index contributed by atoms with van der Waals surface area (Å²) < 4.78 is 18.1. The molecule has 6 aliphatic rings. The number of allylic oxidation sites excluding steroid dienone is 5. The molecule has 0 aromatic rings. The summed E-state index contributed by atoms with van der Waals surface area (Å²) in [7, 11) is 0. The molecule has 262 valence electrons. The van der Waals surface area contributed by atoms with Crippen molar-refractivity contribution >= 4 is 11.6 Å². The third-order valence-corrected chi connectivity index (χ3v) is 13.5. The van der Waals surface area contributed by atoms with Crippen LogP contribution in [0.3, 0.4) is 0 Å². The maximum Gasteiger partial charge on any atom is 0.229 e. The first-order valence-electron chi connectivity index (χ1n) is 16.9. The van der Waals surface area contributed by atoms with Crippen LogP contribution >= 0.6 is 0 Å². The maximum atomic E-state index is 14.7. The van der Waals surface area contributed by atoms with Crippen LogP contribution < -0.4 is 0 Å². The van der Waals surface area contributed by atoms with E-state index in [1.807, 2.05) is 26.8 Å². The predicted octanol–water partition coefficient (Wildman–Crippen LogP) is 1.72. The smallest absolute Gasteiger partial charge is 0.229 e. The lowest BCUT2D eigenvalue weighted by atomic mass is 9.39. The van der Waals surface area contributed by atoms with Crippen molar-refractivity contribution in [1.29, 1.82) is 0 Å². The Hall–Kier alpha value is -1.96. The number of hydrogen-bond acceptors (Lipinski definition) is 11. The number of Topliss-reactive ketones (excluding diaryl/α,β-unsaturated/α-hetero) is 2. The Labute approximate surface area is 276 Å². The molecule has 0 aromatic carbocycles. The van der Waals surface area contributed by atoms with Crippen molar-refractivity contribution in [2.45, 2.75) is 129 Å². The Balaban J connectivity index is 1.41. The Bertz CT molecular complexity index is 1420. The van der Waals surface area contributed by atoms with Gasteiger partial charge in [0.2, 0.25) is 12.1 Å². The molecule has 0 bridgehead atoms. The van der Waals surface area contributed by atoms with E-state index in [1.165, 1.54) is 0 Å². The van der Waals surface area contributed by atoms with Gasteiger partial charge in [-0.2, -0.15) is 0 Å². The minimum absolute atomic E-state index is 0.0102. The van der Waals surface area contributed by atoms with E-state index < -0.39 is 94.7 Å². The number of ether oxygens (including phenoxy) is 3. The molecule has 0 radical (unpaired) electrons. The van der Waals surface area contributed by atoms with E-state index >= 15 is 0 Å². The first kappa shape index (κ1) is 34.9. The monoisotopic (exact) mass is 660 g/mol. The van der Waals surface area contributed by atoms with Crippen molar-refractivity contribution in [3.8, 4) is 0 Å². The molecule has 2 saturated carbocycles. The normalized spacial score (nSPS) is 51.9. The number of carbonyl (C=O) groups excluding carboxylic acids is 2. The van der Waals surface area contributed by atoms with Crippen molar-refractivity contribution in [1.82, 2.24) is 0 Å². The highest BCUT2D eigenvalue weighted by Crippen LogP contribution is 2.75. The van der Waals surface area contributed by atoms with Crippen LogP contribution in [-0.4, -0.2) is 103 Å². The summed E-state index contributed by atoms with van der Waals surface area (Å²) in [5.74, 6) is -1.77. The largest absolute Gasteiger partial charge is 0.459 e. The third-order valence-electron chi connectivity index (χ3n) is 13.5. The van der Waals surface area contributed by atoms with Gasteiger partial charge in [0.25, 0.3) is 0 Å². The third kappa shape index (κ3) is 4.60. The molecule has 2 heterocycles. The fourth-order valence-electron chi connectivity index (χ4n) is 10.7. The lowest BCUT2D eigenvalue weighted by molar-refractivity contribution is -0.291. The standard InChI is InChI=1S/C36H52O11/c1-16(2)11-19-30(43)36(8,44)28-21(45-19)13-33(5)23-10-9-17-18(35(23,7)24(38)14-34(28,33)6)12-20(29(42)32(17,3)4)46-31-27(41)26(40)25(39)22(15-37)47-31/h9,11-12,18-19,21-23,25-28,30-31,37,39-41,43-44H,10,13-15H2,1-8H3. The van der Waals surface area contributed by atoms with Gasteiger partial charge in [-0.25, -0.2) is 0 Å². The average molecular weight is 661 g/mol. The van der Waals surface area contributed by atoms with Gasteiger partial charge in [0, 0.05) is 23.7 Å². The fraction of sp³-hybridized carbons (Fsp3) is 0.778. The molecule has 15 atom stereocenters. The van der Waals surface area contributed by atoms with Gasteiger partial charge in [-0.15, -0.1) is 0 Å². The summed E-state index contributed by atoms with van der Waals surface area (Å²) in [4.78, 5) is 28.7. The minimum atomic E-state index is -1.70. The molecule has 2 aliphatic heterocycles. The van der Waals surface area contributed by atoms with E-state index in [-0.39, 0.29) is 29.7 Å². The topological polar surface area (TPSA) is 183 Å². The lowest BCUT2D eigenvalue weighted by Gasteiger charge is -2.64. The molecule has 4 fully saturated rings. The maximum absolute atomic E-state index is 14.7. The van der Waals surface area contributed by atoms with Gasteiger partial charge in [-0.1, -0.05) is 44.1 Å². The highest BCUT2D eigenvalue weighted by atomic mass is 16.7. The molecule has 6 rings (SSSR count). The van der Waals surface area contributed by atoms with Gasteiger partial charge in [0.1, 0.15) is 42.4 Å².